The van der Waals surface area contributed by atoms with Crippen LogP contribution in [0.4, 0.5) is 5.69 Å². The van der Waals surface area contributed by atoms with Crippen molar-refractivity contribution in [1.82, 2.24) is 4.98 Å². The molecule has 1 atom stereocenters. The SMILES string of the molecule is CCC(C)c1ccc2oc(-c3cccc(NC(=O)c4ccc(C)cc4C)c3)nc2c1. The van der Waals surface area contributed by atoms with Crippen molar-refractivity contribution in [3.8, 4) is 11.5 Å². The Morgan fingerprint density at radius 3 is 2.67 bits per heavy atom. The Balaban J connectivity index is 1.60. The van der Waals surface area contributed by atoms with Gasteiger partial charge in [0, 0.05) is 16.8 Å². The monoisotopic (exact) mass is 398 g/mol. The van der Waals surface area contributed by atoms with Gasteiger partial charge in [-0.05, 0) is 73.7 Å². The highest BCUT2D eigenvalue weighted by molar-refractivity contribution is 6.05. The Labute approximate surface area is 177 Å². The number of hydrogen-bond acceptors (Lipinski definition) is 3. The maximum Gasteiger partial charge on any atom is 0.255 e. The molecule has 1 unspecified atom stereocenters. The number of nitrogens with zero attached hydrogens (tertiary/aromatic N) is 1. The van der Waals surface area contributed by atoms with Gasteiger partial charge in [-0.1, -0.05) is 43.7 Å². The predicted molar refractivity (Wildman–Crippen MR) is 122 cm³/mol. The molecule has 0 aliphatic heterocycles. The predicted octanol–water partition coefficient (Wildman–Crippen LogP) is 6.88. The van der Waals surface area contributed by atoms with Gasteiger partial charge in [-0.15, -0.1) is 0 Å². The van der Waals surface area contributed by atoms with Crippen LogP contribution in [-0.4, -0.2) is 10.9 Å². The minimum Gasteiger partial charge on any atom is -0.436 e. The first-order valence-corrected chi connectivity index (χ1v) is 10.3. The van der Waals surface area contributed by atoms with Crippen molar-refractivity contribution in [2.45, 2.75) is 40.0 Å². The molecule has 0 saturated heterocycles. The van der Waals surface area contributed by atoms with Crippen LogP contribution in [0.2, 0.25) is 0 Å². The highest BCUT2D eigenvalue weighted by Gasteiger charge is 2.13. The van der Waals surface area contributed by atoms with Gasteiger partial charge in [0.25, 0.3) is 5.91 Å². The molecule has 1 N–H and O–H groups in total. The lowest BCUT2D eigenvalue weighted by Gasteiger charge is -2.09. The van der Waals surface area contributed by atoms with E-state index in [0.29, 0.717) is 23.1 Å². The number of nitrogens with one attached hydrogen (secondary N) is 1. The lowest BCUT2D eigenvalue weighted by atomic mass is 9.98. The normalized spacial score (nSPS) is 12.1. The number of amides is 1. The van der Waals surface area contributed by atoms with E-state index in [0.717, 1.165) is 34.2 Å². The summed E-state index contributed by atoms with van der Waals surface area (Å²) in [5.74, 6) is 0.910. The zero-order valence-corrected chi connectivity index (χ0v) is 17.8. The number of hydrogen-bond donors (Lipinski definition) is 1. The second-order valence-corrected chi connectivity index (χ2v) is 7.91. The molecule has 152 valence electrons. The summed E-state index contributed by atoms with van der Waals surface area (Å²) in [6.07, 6.45) is 1.08. The molecule has 0 spiro atoms. The van der Waals surface area contributed by atoms with E-state index in [1.54, 1.807) is 0 Å². The smallest absolute Gasteiger partial charge is 0.255 e. The fraction of sp³-hybridized carbons (Fsp3) is 0.231. The fourth-order valence-corrected chi connectivity index (χ4v) is 3.61. The Bertz CT molecular complexity index is 1220. The van der Waals surface area contributed by atoms with Crippen molar-refractivity contribution in [3.63, 3.8) is 0 Å². The Morgan fingerprint density at radius 1 is 1.07 bits per heavy atom. The van der Waals surface area contributed by atoms with Gasteiger partial charge >= 0.3 is 0 Å². The van der Waals surface area contributed by atoms with Gasteiger partial charge in [-0.3, -0.25) is 4.79 Å². The molecule has 4 rings (SSSR count). The Hall–Kier alpha value is -3.40. The number of aromatic nitrogens is 1. The zero-order chi connectivity index (χ0) is 21.3. The van der Waals surface area contributed by atoms with E-state index in [2.05, 4.69) is 36.3 Å². The van der Waals surface area contributed by atoms with Crippen LogP contribution in [-0.2, 0) is 0 Å². The van der Waals surface area contributed by atoms with Crippen molar-refractivity contribution >= 4 is 22.7 Å². The van der Waals surface area contributed by atoms with Gasteiger partial charge in [0.2, 0.25) is 5.89 Å². The average molecular weight is 399 g/mol. The summed E-state index contributed by atoms with van der Waals surface area (Å²) < 4.78 is 5.98. The summed E-state index contributed by atoms with van der Waals surface area (Å²) in [7, 11) is 0. The molecule has 30 heavy (non-hydrogen) atoms. The first kappa shape index (κ1) is 19.9. The molecule has 4 heteroatoms. The largest absolute Gasteiger partial charge is 0.436 e. The van der Waals surface area contributed by atoms with Gasteiger partial charge < -0.3 is 9.73 Å². The Morgan fingerprint density at radius 2 is 1.90 bits per heavy atom. The number of rotatable bonds is 5. The van der Waals surface area contributed by atoms with Crippen molar-refractivity contribution in [3.05, 3.63) is 82.9 Å². The van der Waals surface area contributed by atoms with Gasteiger partial charge in [0.1, 0.15) is 5.52 Å². The number of oxazole rings is 1. The van der Waals surface area contributed by atoms with Crippen molar-refractivity contribution in [2.75, 3.05) is 5.32 Å². The van der Waals surface area contributed by atoms with Gasteiger partial charge in [-0.2, -0.15) is 0 Å². The quantitative estimate of drug-likeness (QED) is 0.399. The fourth-order valence-electron chi connectivity index (χ4n) is 3.61. The van der Waals surface area contributed by atoms with E-state index in [1.165, 1.54) is 5.56 Å². The second-order valence-electron chi connectivity index (χ2n) is 7.91. The first-order valence-electron chi connectivity index (χ1n) is 10.3. The highest BCUT2D eigenvalue weighted by atomic mass is 16.3. The van der Waals surface area contributed by atoms with E-state index in [-0.39, 0.29) is 5.91 Å². The first-order chi connectivity index (χ1) is 14.4. The van der Waals surface area contributed by atoms with Crippen molar-refractivity contribution in [2.24, 2.45) is 0 Å². The van der Waals surface area contributed by atoms with E-state index in [1.807, 2.05) is 62.4 Å². The number of fused-ring (bicyclic) bond motifs is 1. The molecule has 1 aromatic heterocycles. The van der Waals surface area contributed by atoms with Crippen LogP contribution in [0.5, 0.6) is 0 Å². The third-order valence-electron chi connectivity index (χ3n) is 5.59. The lowest BCUT2D eigenvalue weighted by molar-refractivity contribution is 0.102. The van der Waals surface area contributed by atoms with Gasteiger partial charge in [0.15, 0.2) is 5.58 Å². The van der Waals surface area contributed by atoms with E-state index >= 15 is 0 Å². The summed E-state index contributed by atoms with van der Waals surface area (Å²) in [6.45, 7) is 8.36. The summed E-state index contributed by atoms with van der Waals surface area (Å²) >= 11 is 0. The molecule has 4 aromatic rings. The van der Waals surface area contributed by atoms with Crippen molar-refractivity contribution in [1.29, 1.82) is 0 Å². The van der Waals surface area contributed by atoms with E-state index < -0.39 is 0 Å². The van der Waals surface area contributed by atoms with Gasteiger partial charge in [0.05, 0.1) is 0 Å². The molecule has 0 fully saturated rings. The number of aryl methyl sites for hydroxylation is 2. The summed E-state index contributed by atoms with van der Waals surface area (Å²) in [4.78, 5) is 17.4. The number of carbonyl (C=O) groups excluding carboxylic acids is 1. The third-order valence-corrected chi connectivity index (χ3v) is 5.59. The maximum atomic E-state index is 12.7. The molecule has 0 aliphatic carbocycles. The highest BCUT2D eigenvalue weighted by Crippen LogP contribution is 2.29. The molecule has 4 nitrogen and oxygen atoms in total. The van der Waals surface area contributed by atoms with E-state index in [9.17, 15) is 4.79 Å². The molecule has 1 heterocycles. The maximum absolute atomic E-state index is 12.7. The van der Waals surface area contributed by atoms with E-state index in [4.69, 9.17) is 4.42 Å². The molecule has 3 aromatic carbocycles. The lowest BCUT2D eigenvalue weighted by Crippen LogP contribution is -2.13. The van der Waals surface area contributed by atoms with Crippen LogP contribution in [0, 0.1) is 13.8 Å². The molecular weight excluding hydrogens is 372 g/mol. The third kappa shape index (κ3) is 3.99. The standard InChI is InChI=1S/C26H26N2O2/c1-5-17(3)19-10-12-24-23(15-19)28-26(30-24)20-7-6-8-21(14-20)27-25(29)22-11-9-16(2)13-18(22)4/h6-15,17H,5H2,1-4H3,(H,27,29). The average Bonchev–Trinajstić information content (AvgIpc) is 3.16. The Kier molecular flexibility index (Phi) is 5.40. The summed E-state index contributed by atoms with van der Waals surface area (Å²) in [6, 6.07) is 19.6. The van der Waals surface area contributed by atoms with Crippen molar-refractivity contribution < 1.29 is 9.21 Å². The molecule has 0 radical (unpaired) electrons. The molecular formula is C26H26N2O2. The molecule has 0 aliphatic rings. The number of carbonyl (C=O) groups is 1. The summed E-state index contributed by atoms with van der Waals surface area (Å²) in [5, 5.41) is 2.99. The topological polar surface area (TPSA) is 55.1 Å². The van der Waals surface area contributed by atoms with Crippen LogP contribution < -0.4 is 5.32 Å². The molecule has 0 saturated carbocycles. The minimum absolute atomic E-state index is 0.125. The van der Waals surface area contributed by atoms with Crippen LogP contribution in [0.25, 0.3) is 22.6 Å². The number of anilines is 1. The second kappa shape index (κ2) is 8.15. The minimum atomic E-state index is -0.125. The molecule has 1 amide bonds. The number of benzene rings is 3. The van der Waals surface area contributed by atoms with Crippen LogP contribution in [0.15, 0.2) is 65.1 Å². The molecule has 0 bridgehead atoms. The zero-order valence-electron chi connectivity index (χ0n) is 17.8. The van der Waals surface area contributed by atoms with Crippen LogP contribution >= 0.6 is 0 Å². The van der Waals surface area contributed by atoms with Crippen LogP contribution in [0.3, 0.4) is 0 Å². The summed E-state index contributed by atoms with van der Waals surface area (Å²) in [5.41, 5.74) is 7.19. The van der Waals surface area contributed by atoms with Gasteiger partial charge in [-0.25, -0.2) is 4.98 Å². The van der Waals surface area contributed by atoms with Crippen LogP contribution in [0.1, 0.15) is 53.2 Å².